The van der Waals surface area contributed by atoms with Crippen LogP contribution in [0.2, 0.25) is 0 Å². The molecule has 0 aromatic heterocycles. The Morgan fingerprint density at radius 3 is 2.50 bits per heavy atom. The maximum absolute atomic E-state index is 13.2. The van der Waals surface area contributed by atoms with Crippen molar-refractivity contribution >= 4 is 5.91 Å². The number of methoxy groups -OCH3 is 1. The summed E-state index contributed by atoms with van der Waals surface area (Å²) in [6, 6.07) is 18.9. The van der Waals surface area contributed by atoms with Gasteiger partial charge in [-0.25, -0.2) is 0 Å². The lowest BCUT2D eigenvalue weighted by atomic mass is 9.78. The number of nitrogens with zero attached hydrogens (tertiary/aromatic N) is 1. The number of hydrogen-bond acceptors (Lipinski definition) is 3. The number of aryl methyl sites for hydroxylation is 1. The van der Waals surface area contributed by atoms with Gasteiger partial charge in [0.1, 0.15) is 0 Å². The van der Waals surface area contributed by atoms with Gasteiger partial charge in [0.15, 0.2) is 0 Å². The van der Waals surface area contributed by atoms with Gasteiger partial charge in [-0.1, -0.05) is 48.5 Å². The number of hydrogen-bond donors (Lipinski definition) is 1. The first-order valence-electron chi connectivity index (χ1n) is 10.3. The van der Waals surface area contributed by atoms with Crippen LogP contribution >= 0.6 is 0 Å². The zero-order valence-electron chi connectivity index (χ0n) is 16.9. The van der Waals surface area contributed by atoms with Crippen molar-refractivity contribution in [1.29, 1.82) is 0 Å². The first kappa shape index (κ1) is 19.2. The fourth-order valence-electron chi connectivity index (χ4n) is 5.32. The number of benzene rings is 2. The van der Waals surface area contributed by atoms with Gasteiger partial charge in [-0.05, 0) is 49.8 Å². The molecule has 0 unspecified atom stereocenters. The normalized spacial score (nSPS) is 25.0. The lowest BCUT2D eigenvalue weighted by Crippen LogP contribution is -2.53. The first-order chi connectivity index (χ1) is 13.7. The summed E-state index contributed by atoms with van der Waals surface area (Å²) in [6.07, 6.45) is 4.64. The van der Waals surface area contributed by atoms with Crippen LogP contribution in [-0.4, -0.2) is 42.6 Å². The minimum Gasteiger partial charge on any atom is -0.383 e. The molecule has 1 amide bonds. The number of nitrogens with one attached hydrogen (secondary N) is 1. The quantitative estimate of drug-likeness (QED) is 0.788. The van der Waals surface area contributed by atoms with Gasteiger partial charge in [0.05, 0.1) is 12.6 Å². The van der Waals surface area contributed by atoms with Gasteiger partial charge in [-0.2, -0.15) is 0 Å². The summed E-state index contributed by atoms with van der Waals surface area (Å²) in [7, 11) is 1.76. The summed E-state index contributed by atoms with van der Waals surface area (Å²) in [5.41, 5.74) is 2.93. The summed E-state index contributed by atoms with van der Waals surface area (Å²) < 4.78 is 5.40. The average Bonchev–Trinajstić information content (AvgIpc) is 3.26. The molecule has 2 fully saturated rings. The topological polar surface area (TPSA) is 41.6 Å². The van der Waals surface area contributed by atoms with Crippen molar-refractivity contribution in [2.24, 2.45) is 0 Å². The lowest BCUT2D eigenvalue weighted by Gasteiger charge is -2.42. The van der Waals surface area contributed by atoms with Crippen molar-refractivity contribution in [3.63, 3.8) is 0 Å². The molecule has 2 aliphatic rings. The van der Waals surface area contributed by atoms with Crippen LogP contribution in [0.15, 0.2) is 54.6 Å². The molecule has 148 valence electrons. The maximum atomic E-state index is 13.2. The van der Waals surface area contributed by atoms with Gasteiger partial charge in [-0.15, -0.1) is 0 Å². The van der Waals surface area contributed by atoms with E-state index in [4.69, 9.17) is 4.74 Å². The second-order valence-electron chi connectivity index (χ2n) is 8.15. The molecule has 1 atom stereocenters. The van der Waals surface area contributed by atoms with Gasteiger partial charge in [0.2, 0.25) is 0 Å². The van der Waals surface area contributed by atoms with Crippen LogP contribution in [-0.2, 0) is 4.74 Å². The summed E-state index contributed by atoms with van der Waals surface area (Å²) in [4.78, 5) is 15.9. The number of carbonyl (C=O) groups excluding carboxylic acids is 1. The zero-order valence-corrected chi connectivity index (χ0v) is 16.9. The second-order valence-corrected chi connectivity index (χ2v) is 8.15. The molecule has 0 aliphatic carbocycles. The lowest BCUT2D eigenvalue weighted by molar-refractivity contribution is 0.0638. The molecule has 2 aromatic carbocycles. The van der Waals surface area contributed by atoms with E-state index in [1.54, 1.807) is 7.11 Å². The summed E-state index contributed by atoms with van der Waals surface area (Å²) in [5, 5.41) is 3.44. The van der Waals surface area contributed by atoms with Crippen LogP contribution in [0.4, 0.5) is 0 Å². The Hall–Kier alpha value is -2.17. The third-order valence-corrected chi connectivity index (χ3v) is 6.71. The minimum atomic E-state index is -0.0249. The standard InChI is InChI=1S/C24H30N2O2/c1-18-8-6-7-11-21(18)23(27)25-22(19-9-4-3-5-10-19)24-14-12-20(13-15-24)26(24)16-17-28-2/h3-11,20,22H,12-17H2,1-2H3,(H,25,27)/t20?,22-,24?/m0/s1. The molecule has 2 bridgehead atoms. The van der Waals surface area contributed by atoms with Crippen molar-refractivity contribution < 1.29 is 9.53 Å². The highest BCUT2D eigenvalue weighted by Gasteiger charge is 2.56. The Morgan fingerprint density at radius 1 is 1.14 bits per heavy atom. The number of rotatable bonds is 7. The number of fused-ring (bicyclic) bond motifs is 2. The maximum Gasteiger partial charge on any atom is 0.252 e. The second kappa shape index (κ2) is 8.06. The molecule has 0 radical (unpaired) electrons. The van der Waals surface area contributed by atoms with E-state index in [1.165, 1.54) is 18.4 Å². The van der Waals surface area contributed by atoms with Gasteiger partial charge in [-0.3, -0.25) is 9.69 Å². The Balaban J connectivity index is 1.69. The third kappa shape index (κ3) is 3.36. The predicted octanol–water partition coefficient (Wildman–Crippen LogP) is 4.11. The largest absolute Gasteiger partial charge is 0.383 e. The fraction of sp³-hybridized carbons (Fsp3) is 0.458. The van der Waals surface area contributed by atoms with E-state index < -0.39 is 0 Å². The predicted molar refractivity (Wildman–Crippen MR) is 111 cm³/mol. The van der Waals surface area contributed by atoms with Crippen LogP contribution in [0.25, 0.3) is 0 Å². The van der Waals surface area contributed by atoms with Gasteiger partial charge in [0.25, 0.3) is 5.91 Å². The number of carbonyl (C=O) groups is 1. The first-order valence-corrected chi connectivity index (χ1v) is 10.3. The van der Waals surface area contributed by atoms with E-state index >= 15 is 0 Å². The Morgan fingerprint density at radius 2 is 1.82 bits per heavy atom. The molecule has 2 heterocycles. The Labute approximate surface area is 167 Å². The van der Waals surface area contributed by atoms with Gasteiger partial charge >= 0.3 is 0 Å². The van der Waals surface area contributed by atoms with Crippen molar-refractivity contribution in [2.45, 2.75) is 50.2 Å². The zero-order chi connectivity index (χ0) is 19.6. The van der Waals surface area contributed by atoms with Gasteiger partial charge in [0, 0.05) is 30.8 Å². The summed E-state index contributed by atoms with van der Waals surface area (Å²) in [5.74, 6) is 0.0170. The molecule has 2 saturated heterocycles. The Kier molecular flexibility index (Phi) is 5.51. The third-order valence-electron chi connectivity index (χ3n) is 6.71. The SMILES string of the molecule is COCCN1C2CCC1([C@@H](NC(=O)c1ccccc1C)c1ccccc1)CC2. The molecule has 28 heavy (non-hydrogen) atoms. The van der Waals surface area contributed by atoms with E-state index in [0.717, 1.165) is 37.1 Å². The molecule has 2 aliphatic heterocycles. The highest BCUT2D eigenvalue weighted by molar-refractivity contribution is 5.96. The number of ether oxygens (including phenoxy) is 1. The summed E-state index contributed by atoms with van der Waals surface area (Å²) >= 11 is 0. The molecule has 4 nitrogen and oxygen atoms in total. The summed E-state index contributed by atoms with van der Waals surface area (Å²) in [6.45, 7) is 3.65. The highest BCUT2D eigenvalue weighted by Crippen LogP contribution is 2.52. The molecular weight excluding hydrogens is 348 g/mol. The van der Waals surface area contributed by atoms with Crippen LogP contribution in [0, 0.1) is 6.92 Å². The molecule has 4 rings (SSSR count). The fourth-order valence-corrected chi connectivity index (χ4v) is 5.32. The van der Waals surface area contributed by atoms with Crippen molar-refractivity contribution in [3.05, 3.63) is 71.3 Å². The minimum absolute atomic E-state index is 0.0170. The average molecular weight is 379 g/mol. The molecule has 0 saturated carbocycles. The van der Waals surface area contributed by atoms with Crippen molar-refractivity contribution in [1.82, 2.24) is 10.2 Å². The highest BCUT2D eigenvalue weighted by atomic mass is 16.5. The van der Waals surface area contributed by atoms with Crippen LogP contribution in [0.3, 0.4) is 0 Å². The van der Waals surface area contributed by atoms with E-state index in [2.05, 4.69) is 34.5 Å². The molecule has 0 spiro atoms. The molecule has 4 heteroatoms. The van der Waals surface area contributed by atoms with Crippen LogP contribution in [0.1, 0.15) is 53.2 Å². The molecular formula is C24H30N2O2. The number of amides is 1. The van der Waals surface area contributed by atoms with E-state index in [1.807, 2.05) is 37.3 Å². The smallest absolute Gasteiger partial charge is 0.252 e. The Bertz CT molecular complexity index is 812. The van der Waals surface area contributed by atoms with E-state index in [9.17, 15) is 4.79 Å². The van der Waals surface area contributed by atoms with Crippen molar-refractivity contribution in [2.75, 3.05) is 20.3 Å². The van der Waals surface area contributed by atoms with Crippen LogP contribution in [0.5, 0.6) is 0 Å². The van der Waals surface area contributed by atoms with E-state index in [-0.39, 0.29) is 17.5 Å². The monoisotopic (exact) mass is 378 g/mol. The molecule has 2 aromatic rings. The van der Waals surface area contributed by atoms with Gasteiger partial charge < -0.3 is 10.1 Å². The van der Waals surface area contributed by atoms with Crippen molar-refractivity contribution in [3.8, 4) is 0 Å². The van der Waals surface area contributed by atoms with Crippen LogP contribution < -0.4 is 5.32 Å². The molecule has 1 N–H and O–H groups in total. The van der Waals surface area contributed by atoms with E-state index in [0.29, 0.717) is 6.04 Å².